The molecular formula is C14H14N2O4. The summed E-state index contributed by atoms with van der Waals surface area (Å²) in [6.07, 6.45) is 0.756. The number of aliphatic hydroxyl groups excluding tert-OH is 1. The highest BCUT2D eigenvalue weighted by molar-refractivity contribution is 5.50. The summed E-state index contributed by atoms with van der Waals surface area (Å²) in [6, 6.07) is 7.88. The number of rotatable bonds is 4. The fourth-order valence-electron chi connectivity index (χ4n) is 1.68. The Morgan fingerprint density at radius 3 is 2.65 bits per heavy atom. The maximum Gasteiger partial charge on any atom is 0.311 e. The second-order valence-corrected chi connectivity index (χ2v) is 4.43. The van der Waals surface area contributed by atoms with Crippen LogP contribution in [-0.4, -0.2) is 15.0 Å². The summed E-state index contributed by atoms with van der Waals surface area (Å²) in [6.45, 7) is 3.43. The summed E-state index contributed by atoms with van der Waals surface area (Å²) in [5.74, 6) is 0.546. The number of nitro groups is 1. The Hall–Kier alpha value is -2.47. The lowest BCUT2D eigenvalue weighted by atomic mass is 10.2. The highest BCUT2D eigenvalue weighted by Gasteiger charge is 2.16. The van der Waals surface area contributed by atoms with E-state index in [2.05, 4.69) is 4.98 Å². The van der Waals surface area contributed by atoms with Crippen LogP contribution in [0.5, 0.6) is 11.5 Å². The zero-order valence-corrected chi connectivity index (χ0v) is 11.1. The minimum Gasteiger partial charge on any atom is -0.448 e. The summed E-state index contributed by atoms with van der Waals surface area (Å²) in [5, 5.41) is 20.3. The van der Waals surface area contributed by atoms with E-state index < -0.39 is 11.0 Å². The van der Waals surface area contributed by atoms with Gasteiger partial charge in [-0.1, -0.05) is 6.07 Å². The quantitative estimate of drug-likeness (QED) is 0.683. The molecule has 2 aromatic rings. The van der Waals surface area contributed by atoms with Gasteiger partial charge in [0, 0.05) is 6.07 Å². The highest BCUT2D eigenvalue weighted by Crippen LogP contribution is 2.32. The third kappa shape index (κ3) is 3.10. The third-order valence-corrected chi connectivity index (χ3v) is 2.73. The Kier molecular flexibility index (Phi) is 3.95. The number of hydrogen-bond donors (Lipinski definition) is 1. The van der Waals surface area contributed by atoms with Gasteiger partial charge in [0.15, 0.2) is 0 Å². The SMILES string of the molecule is Cc1ccc([N+](=O)[O-])c(Oc2ccc([C@H](C)O)nc2)c1. The van der Waals surface area contributed by atoms with E-state index in [4.69, 9.17) is 4.74 Å². The average Bonchev–Trinajstić information content (AvgIpc) is 2.39. The normalized spacial score (nSPS) is 11.9. The molecule has 0 aliphatic heterocycles. The third-order valence-electron chi connectivity index (χ3n) is 2.73. The van der Waals surface area contributed by atoms with Crippen LogP contribution in [0, 0.1) is 17.0 Å². The summed E-state index contributed by atoms with van der Waals surface area (Å²) >= 11 is 0. The molecule has 0 aliphatic carbocycles. The van der Waals surface area contributed by atoms with Gasteiger partial charge in [0.2, 0.25) is 5.75 Å². The van der Waals surface area contributed by atoms with Crippen molar-refractivity contribution in [3.8, 4) is 11.5 Å². The van der Waals surface area contributed by atoms with Crippen molar-refractivity contribution >= 4 is 5.69 Å². The lowest BCUT2D eigenvalue weighted by molar-refractivity contribution is -0.385. The molecule has 0 unspecified atom stereocenters. The van der Waals surface area contributed by atoms with Crippen LogP contribution in [0.4, 0.5) is 5.69 Å². The molecule has 1 heterocycles. The van der Waals surface area contributed by atoms with Crippen LogP contribution in [0.1, 0.15) is 24.3 Å². The molecule has 1 aromatic heterocycles. The minimum atomic E-state index is -0.669. The van der Waals surface area contributed by atoms with Gasteiger partial charge in [0.1, 0.15) is 5.75 Å². The lowest BCUT2D eigenvalue weighted by Crippen LogP contribution is -1.97. The first-order chi connectivity index (χ1) is 9.47. The second-order valence-electron chi connectivity index (χ2n) is 4.43. The Morgan fingerprint density at radius 2 is 2.10 bits per heavy atom. The first kappa shape index (κ1) is 14.0. The minimum absolute atomic E-state index is 0.102. The molecule has 0 fully saturated rings. The molecule has 2 rings (SSSR count). The van der Waals surface area contributed by atoms with E-state index in [1.54, 1.807) is 31.2 Å². The van der Waals surface area contributed by atoms with Crippen LogP contribution in [0.25, 0.3) is 0 Å². The van der Waals surface area contributed by atoms with Crippen molar-refractivity contribution in [2.24, 2.45) is 0 Å². The van der Waals surface area contributed by atoms with Gasteiger partial charge in [-0.05, 0) is 37.6 Å². The largest absolute Gasteiger partial charge is 0.448 e. The smallest absolute Gasteiger partial charge is 0.311 e. The van der Waals surface area contributed by atoms with E-state index in [0.29, 0.717) is 11.4 Å². The van der Waals surface area contributed by atoms with Crippen LogP contribution in [0.2, 0.25) is 0 Å². The van der Waals surface area contributed by atoms with Crippen LogP contribution in [0.3, 0.4) is 0 Å². The summed E-state index contributed by atoms with van der Waals surface area (Å²) in [4.78, 5) is 14.5. The van der Waals surface area contributed by atoms with Crippen molar-refractivity contribution in [1.82, 2.24) is 4.98 Å². The molecule has 0 saturated heterocycles. The maximum atomic E-state index is 10.9. The van der Waals surface area contributed by atoms with E-state index in [9.17, 15) is 15.2 Å². The maximum absolute atomic E-state index is 10.9. The van der Waals surface area contributed by atoms with Gasteiger partial charge in [0.05, 0.1) is 22.9 Å². The standard InChI is InChI=1S/C14H14N2O4/c1-9-3-6-13(16(18)19)14(7-9)20-11-4-5-12(10(2)17)15-8-11/h3-8,10,17H,1-2H3/t10-/m0/s1. The number of pyridine rings is 1. The van der Waals surface area contributed by atoms with E-state index in [1.165, 1.54) is 12.3 Å². The summed E-state index contributed by atoms with van der Waals surface area (Å²) in [7, 11) is 0. The van der Waals surface area contributed by atoms with Gasteiger partial charge < -0.3 is 9.84 Å². The molecule has 0 bridgehead atoms. The van der Waals surface area contributed by atoms with Crippen molar-refractivity contribution in [3.05, 3.63) is 57.9 Å². The van der Waals surface area contributed by atoms with Crippen LogP contribution >= 0.6 is 0 Å². The zero-order valence-electron chi connectivity index (χ0n) is 11.1. The fraction of sp³-hybridized carbons (Fsp3) is 0.214. The van der Waals surface area contributed by atoms with Crippen molar-refractivity contribution in [1.29, 1.82) is 0 Å². The van der Waals surface area contributed by atoms with Gasteiger partial charge >= 0.3 is 5.69 Å². The molecule has 0 radical (unpaired) electrons. The first-order valence-corrected chi connectivity index (χ1v) is 6.04. The molecule has 1 atom stereocenters. The molecule has 104 valence electrons. The zero-order chi connectivity index (χ0) is 14.7. The number of nitrogens with zero attached hydrogens (tertiary/aromatic N) is 2. The number of benzene rings is 1. The fourth-order valence-corrected chi connectivity index (χ4v) is 1.68. The van der Waals surface area contributed by atoms with Gasteiger partial charge in [-0.2, -0.15) is 0 Å². The molecule has 0 amide bonds. The molecule has 20 heavy (non-hydrogen) atoms. The molecule has 6 heteroatoms. The molecule has 1 aromatic carbocycles. The molecule has 6 nitrogen and oxygen atoms in total. The number of aliphatic hydroxyl groups is 1. The second kappa shape index (κ2) is 5.66. The van der Waals surface area contributed by atoms with Crippen LogP contribution in [-0.2, 0) is 0 Å². The lowest BCUT2D eigenvalue weighted by Gasteiger charge is -2.08. The van der Waals surface area contributed by atoms with Gasteiger partial charge in [-0.25, -0.2) is 0 Å². The first-order valence-electron chi connectivity index (χ1n) is 6.04. The molecular weight excluding hydrogens is 260 g/mol. The number of ether oxygens (including phenoxy) is 1. The number of aromatic nitrogens is 1. The topological polar surface area (TPSA) is 85.5 Å². The van der Waals surface area contributed by atoms with Crippen molar-refractivity contribution in [2.75, 3.05) is 0 Å². The summed E-state index contributed by atoms with van der Waals surface area (Å²) in [5.41, 5.74) is 1.27. The van der Waals surface area contributed by atoms with E-state index in [-0.39, 0.29) is 11.4 Å². The summed E-state index contributed by atoms with van der Waals surface area (Å²) < 4.78 is 5.50. The monoisotopic (exact) mass is 274 g/mol. The van der Waals surface area contributed by atoms with Crippen molar-refractivity contribution in [2.45, 2.75) is 20.0 Å². The predicted octanol–water partition coefficient (Wildman–Crippen LogP) is 3.14. The van der Waals surface area contributed by atoms with E-state index in [0.717, 1.165) is 5.56 Å². The number of hydrogen-bond acceptors (Lipinski definition) is 5. The molecule has 0 saturated carbocycles. The number of nitro benzene ring substituents is 1. The Balaban J connectivity index is 2.29. The van der Waals surface area contributed by atoms with E-state index >= 15 is 0 Å². The molecule has 0 spiro atoms. The Labute approximate surface area is 115 Å². The predicted molar refractivity (Wildman–Crippen MR) is 72.8 cm³/mol. The van der Waals surface area contributed by atoms with Gasteiger partial charge in [0.25, 0.3) is 0 Å². The van der Waals surface area contributed by atoms with Crippen molar-refractivity contribution < 1.29 is 14.8 Å². The highest BCUT2D eigenvalue weighted by atomic mass is 16.6. The van der Waals surface area contributed by atoms with Gasteiger partial charge in [-0.15, -0.1) is 0 Å². The van der Waals surface area contributed by atoms with Gasteiger partial charge in [-0.3, -0.25) is 15.1 Å². The molecule has 1 N–H and O–H groups in total. The van der Waals surface area contributed by atoms with Crippen LogP contribution < -0.4 is 4.74 Å². The Morgan fingerprint density at radius 1 is 1.35 bits per heavy atom. The van der Waals surface area contributed by atoms with Crippen LogP contribution in [0.15, 0.2) is 36.5 Å². The van der Waals surface area contributed by atoms with E-state index in [1.807, 2.05) is 6.92 Å². The Bertz CT molecular complexity index is 624. The molecule has 0 aliphatic rings. The van der Waals surface area contributed by atoms with Crippen molar-refractivity contribution in [3.63, 3.8) is 0 Å². The average molecular weight is 274 g/mol. The number of aryl methyl sites for hydroxylation is 1.